The summed E-state index contributed by atoms with van der Waals surface area (Å²) in [6.45, 7) is 1.53. The third kappa shape index (κ3) is 5.41. The Kier molecular flexibility index (Phi) is 7.70. The second-order valence-corrected chi connectivity index (χ2v) is 8.67. The number of carboxylic acid groups (broad SMARTS) is 1. The first-order chi connectivity index (χ1) is 17.4. The molecule has 1 aliphatic heterocycles. The smallest absolute Gasteiger partial charge is 0.341 e. The standard InChI is InChI=1S/C27H23BrN2O6/c1-2-35-20-13-18(19(28)14-21(20)36-15-22(31)32)25-23(26(33)17-11-7-4-8-12-17)24(29-27(34)30-25)16-9-5-3-6-10-16/h3-14,25H,2,15H2,1H3,(H,31,32)(H2,29,30,34)/t25-/m0/s1. The van der Waals surface area contributed by atoms with E-state index in [0.29, 0.717) is 39.0 Å². The highest BCUT2D eigenvalue weighted by Gasteiger charge is 2.35. The van der Waals surface area contributed by atoms with Crippen molar-refractivity contribution in [3.63, 3.8) is 0 Å². The molecule has 9 heteroatoms. The summed E-state index contributed by atoms with van der Waals surface area (Å²) in [4.78, 5) is 37.7. The number of ether oxygens (including phenoxy) is 2. The second kappa shape index (κ2) is 11.1. The number of hydrogen-bond acceptors (Lipinski definition) is 5. The van der Waals surface area contributed by atoms with E-state index in [4.69, 9.17) is 14.6 Å². The molecular weight excluding hydrogens is 528 g/mol. The fraction of sp³-hybridized carbons (Fsp3) is 0.148. The molecule has 8 nitrogen and oxygen atoms in total. The Hall–Kier alpha value is -4.11. The van der Waals surface area contributed by atoms with E-state index in [1.165, 1.54) is 0 Å². The molecule has 3 aromatic carbocycles. The lowest BCUT2D eigenvalue weighted by Crippen LogP contribution is -2.45. The Balaban J connectivity index is 1.90. The summed E-state index contributed by atoms with van der Waals surface area (Å²) >= 11 is 3.52. The van der Waals surface area contributed by atoms with Gasteiger partial charge in [0.15, 0.2) is 23.9 Å². The molecule has 0 fully saturated rings. The highest BCUT2D eigenvalue weighted by Crippen LogP contribution is 2.41. The van der Waals surface area contributed by atoms with Crippen molar-refractivity contribution in [2.45, 2.75) is 13.0 Å². The molecule has 2 amide bonds. The first kappa shape index (κ1) is 25.0. The van der Waals surface area contributed by atoms with Crippen LogP contribution in [0.4, 0.5) is 4.79 Å². The molecule has 1 aliphatic rings. The number of hydrogen-bond donors (Lipinski definition) is 3. The zero-order valence-electron chi connectivity index (χ0n) is 19.3. The van der Waals surface area contributed by atoms with Gasteiger partial charge in [-0.15, -0.1) is 0 Å². The summed E-state index contributed by atoms with van der Waals surface area (Å²) in [6, 6.07) is 19.8. The number of urea groups is 1. The monoisotopic (exact) mass is 550 g/mol. The summed E-state index contributed by atoms with van der Waals surface area (Å²) < 4.78 is 11.6. The van der Waals surface area contributed by atoms with Crippen LogP contribution in [-0.2, 0) is 4.79 Å². The maximum atomic E-state index is 13.9. The molecule has 0 aliphatic carbocycles. The van der Waals surface area contributed by atoms with Crippen LogP contribution in [0.25, 0.3) is 5.70 Å². The number of amides is 2. The largest absolute Gasteiger partial charge is 0.490 e. The Labute approximate surface area is 216 Å². The van der Waals surface area contributed by atoms with Crippen LogP contribution < -0.4 is 20.1 Å². The van der Waals surface area contributed by atoms with Gasteiger partial charge in [0.1, 0.15) is 0 Å². The zero-order valence-corrected chi connectivity index (χ0v) is 20.9. The van der Waals surface area contributed by atoms with Crippen molar-refractivity contribution in [2.75, 3.05) is 13.2 Å². The SMILES string of the molecule is CCOc1cc([C@@H]2NC(=O)NC(c3ccccc3)=C2C(=O)c2ccccc2)c(Br)cc1OCC(=O)O. The molecule has 36 heavy (non-hydrogen) atoms. The van der Waals surface area contributed by atoms with Crippen molar-refractivity contribution in [3.8, 4) is 11.5 Å². The minimum Gasteiger partial charge on any atom is -0.490 e. The van der Waals surface area contributed by atoms with Gasteiger partial charge < -0.3 is 25.2 Å². The zero-order chi connectivity index (χ0) is 25.7. The molecule has 0 saturated carbocycles. The average molecular weight is 551 g/mol. The summed E-state index contributed by atoms with van der Waals surface area (Å²) in [6.07, 6.45) is 0. The summed E-state index contributed by atoms with van der Waals surface area (Å²) in [5.41, 5.74) is 2.43. The van der Waals surface area contributed by atoms with Gasteiger partial charge in [0.2, 0.25) is 0 Å². The van der Waals surface area contributed by atoms with E-state index in [1.54, 1.807) is 43.3 Å². The van der Waals surface area contributed by atoms with Crippen LogP contribution in [0.2, 0.25) is 0 Å². The molecular formula is C27H23BrN2O6. The molecule has 4 rings (SSSR count). The first-order valence-electron chi connectivity index (χ1n) is 11.2. The minimum absolute atomic E-state index is 0.221. The third-order valence-corrected chi connectivity index (χ3v) is 6.13. The number of benzene rings is 3. The van der Waals surface area contributed by atoms with Crippen molar-refractivity contribution >= 4 is 39.4 Å². The van der Waals surface area contributed by atoms with Gasteiger partial charge >= 0.3 is 12.0 Å². The van der Waals surface area contributed by atoms with Crippen LogP contribution in [0.15, 0.2) is 82.8 Å². The third-order valence-electron chi connectivity index (χ3n) is 5.44. The van der Waals surface area contributed by atoms with E-state index in [2.05, 4.69) is 26.6 Å². The average Bonchev–Trinajstić information content (AvgIpc) is 2.88. The molecule has 3 aromatic rings. The number of ketones is 1. The summed E-state index contributed by atoms with van der Waals surface area (Å²) in [7, 11) is 0. The molecule has 1 atom stereocenters. The molecule has 0 radical (unpaired) electrons. The van der Waals surface area contributed by atoms with E-state index in [1.807, 2.05) is 36.4 Å². The van der Waals surface area contributed by atoms with Crippen LogP contribution in [0.3, 0.4) is 0 Å². The molecule has 0 bridgehead atoms. The quantitative estimate of drug-likeness (QED) is 0.324. The van der Waals surface area contributed by atoms with E-state index in [9.17, 15) is 14.4 Å². The highest BCUT2D eigenvalue weighted by molar-refractivity contribution is 9.10. The van der Waals surface area contributed by atoms with Gasteiger partial charge in [0.05, 0.1) is 23.9 Å². The van der Waals surface area contributed by atoms with Crippen molar-refractivity contribution in [1.29, 1.82) is 0 Å². The number of carbonyl (C=O) groups excluding carboxylic acids is 2. The van der Waals surface area contributed by atoms with E-state index >= 15 is 0 Å². The minimum atomic E-state index is -1.13. The number of rotatable bonds is 9. The maximum Gasteiger partial charge on any atom is 0.341 e. The van der Waals surface area contributed by atoms with Crippen LogP contribution >= 0.6 is 15.9 Å². The number of Topliss-reactive ketones (excluding diaryl/α,β-unsaturated/α-hetero) is 1. The summed E-state index contributed by atoms with van der Waals surface area (Å²) in [5, 5.41) is 14.7. The first-order valence-corrected chi connectivity index (χ1v) is 12.0. The lowest BCUT2D eigenvalue weighted by atomic mass is 9.87. The van der Waals surface area contributed by atoms with Crippen LogP contribution in [0, 0.1) is 0 Å². The predicted octanol–water partition coefficient (Wildman–Crippen LogP) is 4.96. The van der Waals surface area contributed by atoms with Crippen molar-refractivity contribution in [3.05, 3.63) is 99.5 Å². The Morgan fingerprint density at radius 2 is 1.61 bits per heavy atom. The van der Waals surface area contributed by atoms with Crippen LogP contribution in [0.5, 0.6) is 11.5 Å². The maximum absolute atomic E-state index is 13.9. The number of carboxylic acids is 1. The number of carbonyl (C=O) groups is 3. The van der Waals surface area contributed by atoms with Gasteiger partial charge in [0.25, 0.3) is 0 Å². The number of halogens is 1. The van der Waals surface area contributed by atoms with Gasteiger partial charge in [-0.05, 0) is 30.2 Å². The highest BCUT2D eigenvalue weighted by atomic mass is 79.9. The molecule has 1 heterocycles. The number of aliphatic carboxylic acids is 1. The Morgan fingerprint density at radius 1 is 0.972 bits per heavy atom. The molecule has 0 spiro atoms. The molecule has 0 aromatic heterocycles. The predicted molar refractivity (Wildman–Crippen MR) is 137 cm³/mol. The molecule has 184 valence electrons. The van der Waals surface area contributed by atoms with Gasteiger partial charge in [0, 0.05) is 10.0 Å². The van der Waals surface area contributed by atoms with Crippen molar-refractivity contribution < 1.29 is 29.0 Å². The second-order valence-electron chi connectivity index (χ2n) is 7.82. The van der Waals surface area contributed by atoms with Crippen LogP contribution in [-0.4, -0.2) is 36.1 Å². The Bertz CT molecular complexity index is 1320. The van der Waals surface area contributed by atoms with Gasteiger partial charge in [-0.25, -0.2) is 9.59 Å². The van der Waals surface area contributed by atoms with E-state index in [-0.39, 0.29) is 17.3 Å². The van der Waals surface area contributed by atoms with Gasteiger partial charge in [-0.1, -0.05) is 76.6 Å². The lowest BCUT2D eigenvalue weighted by Gasteiger charge is -2.31. The van der Waals surface area contributed by atoms with Gasteiger partial charge in [-0.3, -0.25) is 4.79 Å². The normalized spacial score (nSPS) is 15.1. The summed E-state index contributed by atoms with van der Waals surface area (Å²) in [5.74, 6) is -0.881. The van der Waals surface area contributed by atoms with Crippen molar-refractivity contribution in [2.24, 2.45) is 0 Å². The van der Waals surface area contributed by atoms with Crippen LogP contribution in [0.1, 0.15) is 34.5 Å². The lowest BCUT2D eigenvalue weighted by molar-refractivity contribution is -0.139. The topological polar surface area (TPSA) is 114 Å². The Morgan fingerprint density at radius 3 is 2.25 bits per heavy atom. The number of nitrogens with one attached hydrogen (secondary N) is 2. The molecule has 0 saturated heterocycles. The fourth-order valence-corrected chi connectivity index (χ4v) is 4.46. The molecule has 0 unspecified atom stereocenters. The van der Waals surface area contributed by atoms with E-state index in [0.717, 1.165) is 0 Å². The molecule has 3 N–H and O–H groups in total. The fourth-order valence-electron chi connectivity index (χ4n) is 3.91. The van der Waals surface area contributed by atoms with Crippen molar-refractivity contribution in [1.82, 2.24) is 10.6 Å². The van der Waals surface area contributed by atoms with Gasteiger partial charge in [-0.2, -0.15) is 0 Å². The van der Waals surface area contributed by atoms with E-state index < -0.39 is 24.6 Å².